The van der Waals surface area contributed by atoms with E-state index >= 15 is 0 Å². The molecule has 1 unspecified atom stereocenters. The second-order valence-electron chi connectivity index (χ2n) is 10.8. The van der Waals surface area contributed by atoms with Crippen LogP contribution in [0.3, 0.4) is 0 Å². The maximum Gasteiger partial charge on any atom is 0.305 e. The number of carbonyl (C=O) groups is 2. The van der Waals surface area contributed by atoms with E-state index in [0.29, 0.717) is 37.9 Å². The van der Waals surface area contributed by atoms with Crippen LogP contribution in [0.5, 0.6) is 0 Å². The first kappa shape index (κ1) is 33.9. The van der Waals surface area contributed by atoms with Crippen molar-refractivity contribution in [3.8, 4) is 0 Å². The molecule has 0 aromatic carbocycles. The quantitative estimate of drug-likeness (QED) is 0.0883. The van der Waals surface area contributed by atoms with Gasteiger partial charge in [0, 0.05) is 12.8 Å². The first-order valence-electron chi connectivity index (χ1n) is 15.3. The Bertz CT molecular complexity index is 475. The average Bonchev–Trinajstić information content (AvgIpc) is 2.83. The van der Waals surface area contributed by atoms with Crippen LogP contribution in [0.25, 0.3) is 0 Å². The molecule has 4 nitrogen and oxygen atoms in total. The molecule has 0 saturated carbocycles. The Morgan fingerprint density at radius 1 is 0.514 bits per heavy atom. The van der Waals surface area contributed by atoms with Crippen molar-refractivity contribution in [2.45, 2.75) is 163 Å². The summed E-state index contributed by atoms with van der Waals surface area (Å²) in [5.41, 5.74) is 0. The Labute approximate surface area is 218 Å². The molecular weight excluding hydrogens is 436 g/mol. The number of hydrogen-bond donors (Lipinski definition) is 0. The molecule has 208 valence electrons. The minimum absolute atomic E-state index is 0.0208. The van der Waals surface area contributed by atoms with Crippen LogP contribution in [0.2, 0.25) is 0 Å². The fourth-order valence-electron chi connectivity index (χ4n) is 4.60. The van der Waals surface area contributed by atoms with Crippen LogP contribution in [0.4, 0.5) is 0 Å². The number of hydrogen-bond acceptors (Lipinski definition) is 4. The van der Waals surface area contributed by atoms with Crippen LogP contribution in [0.15, 0.2) is 0 Å². The smallest absolute Gasteiger partial charge is 0.305 e. The second-order valence-corrected chi connectivity index (χ2v) is 10.8. The van der Waals surface area contributed by atoms with Crippen molar-refractivity contribution >= 4 is 11.9 Å². The predicted molar refractivity (Wildman–Crippen MR) is 149 cm³/mol. The Hall–Kier alpha value is -1.06. The second kappa shape index (κ2) is 26.0. The van der Waals surface area contributed by atoms with Crippen molar-refractivity contribution in [3.05, 3.63) is 0 Å². The van der Waals surface area contributed by atoms with E-state index in [4.69, 9.17) is 9.47 Å². The first-order chi connectivity index (χ1) is 17.0. The van der Waals surface area contributed by atoms with Gasteiger partial charge in [0.15, 0.2) is 0 Å². The Kier molecular flexibility index (Phi) is 25.2. The van der Waals surface area contributed by atoms with E-state index in [9.17, 15) is 9.59 Å². The predicted octanol–water partition coefficient (Wildman–Crippen LogP) is 9.58. The van der Waals surface area contributed by atoms with Gasteiger partial charge in [-0.3, -0.25) is 9.59 Å². The van der Waals surface area contributed by atoms with Crippen LogP contribution >= 0.6 is 0 Å². The lowest BCUT2D eigenvalue weighted by atomic mass is 9.86. The molecule has 0 bridgehead atoms. The maximum absolute atomic E-state index is 12.1. The van der Waals surface area contributed by atoms with Crippen LogP contribution < -0.4 is 0 Å². The minimum atomic E-state index is -0.0261. The van der Waals surface area contributed by atoms with E-state index in [1.807, 2.05) is 0 Å². The molecule has 0 fully saturated rings. The minimum Gasteiger partial charge on any atom is -0.466 e. The molecular formula is C31H60O4. The lowest BCUT2D eigenvalue weighted by molar-refractivity contribution is -0.145. The summed E-state index contributed by atoms with van der Waals surface area (Å²) in [5.74, 6) is 1.14. The molecule has 35 heavy (non-hydrogen) atoms. The molecule has 0 saturated heterocycles. The molecule has 0 amide bonds. The summed E-state index contributed by atoms with van der Waals surface area (Å²) in [6, 6.07) is 0. The van der Waals surface area contributed by atoms with Gasteiger partial charge in [-0.05, 0) is 37.5 Å². The van der Waals surface area contributed by atoms with Gasteiger partial charge in [0.25, 0.3) is 0 Å². The third-order valence-electron chi connectivity index (χ3n) is 7.14. The molecule has 0 heterocycles. The van der Waals surface area contributed by atoms with E-state index in [1.54, 1.807) is 0 Å². The zero-order valence-corrected chi connectivity index (χ0v) is 24.1. The summed E-state index contributed by atoms with van der Waals surface area (Å²) in [5, 5.41) is 0. The van der Waals surface area contributed by atoms with E-state index in [1.165, 1.54) is 89.9 Å². The highest BCUT2D eigenvalue weighted by Gasteiger charge is 2.15. The van der Waals surface area contributed by atoms with Crippen molar-refractivity contribution in [3.63, 3.8) is 0 Å². The van der Waals surface area contributed by atoms with Crippen molar-refractivity contribution in [2.75, 3.05) is 13.2 Å². The summed E-state index contributed by atoms with van der Waals surface area (Å²) in [6.07, 6.45) is 23.5. The topological polar surface area (TPSA) is 52.6 Å². The third-order valence-corrected chi connectivity index (χ3v) is 7.14. The van der Waals surface area contributed by atoms with Gasteiger partial charge in [0.05, 0.1) is 13.2 Å². The van der Waals surface area contributed by atoms with E-state index in [2.05, 4.69) is 27.7 Å². The molecule has 4 heteroatoms. The van der Waals surface area contributed by atoms with E-state index in [-0.39, 0.29) is 11.9 Å². The van der Waals surface area contributed by atoms with E-state index in [0.717, 1.165) is 32.1 Å². The highest BCUT2D eigenvalue weighted by molar-refractivity contribution is 5.69. The van der Waals surface area contributed by atoms with Crippen LogP contribution in [0, 0.1) is 11.8 Å². The number of esters is 2. The van der Waals surface area contributed by atoms with Crippen molar-refractivity contribution < 1.29 is 19.1 Å². The lowest BCUT2D eigenvalue weighted by Gasteiger charge is -2.20. The Balaban J connectivity index is 3.65. The van der Waals surface area contributed by atoms with Gasteiger partial charge in [-0.15, -0.1) is 0 Å². The molecule has 0 aromatic rings. The SMILES string of the molecule is CCCCCCCCOC(=O)CCCCCCCC(CCC(=O)OCCCCCCCC)C(C)C. The van der Waals surface area contributed by atoms with Crippen LogP contribution in [0.1, 0.15) is 163 Å². The average molecular weight is 497 g/mol. The number of unbranched alkanes of at least 4 members (excludes halogenated alkanes) is 14. The number of carbonyl (C=O) groups excluding carboxylic acids is 2. The van der Waals surface area contributed by atoms with Gasteiger partial charge in [0.2, 0.25) is 0 Å². The van der Waals surface area contributed by atoms with Crippen molar-refractivity contribution in [1.29, 1.82) is 0 Å². The largest absolute Gasteiger partial charge is 0.466 e. The number of rotatable bonds is 26. The van der Waals surface area contributed by atoms with Crippen molar-refractivity contribution in [2.24, 2.45) is 11.8 Å². The van der Waals surface area contributed by atoms with Gasteiger partial charge in [-0.1, -0.05) is 124 Å². The third kappa shape index (κ3) is 24.4. The summed E-state index contributed by atoms with van der Waals surface area (Å²) in [7, 11) is 0. The van der Waals surface area contributed by atoms with Crippen LogP contribution in [-0.4, -0.2) is 25.2 Å². The maximum atomic E-state index is 12.1. The van der Waals surface area contributed by atoms with Gasteiger partial charge < -0.3 is 9.47 Å². The number of ether oxygens (including phenoxy) is 2. The molecule has 0 spiro atoms. The Morgan fingerprint density at radius 3 is 1.46 bits per heavy atom. The summed E-state index contributed by atoms with van der Waals surface area (Å²) < 4.78 is 10.8. The standard InChI is InChI=1S/C31H60O4/c1-5-7-9-11-16-20-26-34-30(32)23-19-15-13-14-18-22-29(28(3)4)24-25-31(33)35-27-21-17-12-10-8-6-2/h28-29H,5-27H2,1-4H3. The van der Waals surface area contributed by atoms with Crippen molar-refractivity contribution in [1.82, 2.24) is 0 Å². The molecule has 0 N–H and O–H groups in total. The fraction of sp³-hybridized carbons (Fsp3) is 0.935. The molecule has 0 aliphatic rings. The zero-order chi connectivity index (χ0) is 26.0. The van der Waals surface area contributed by atoms with Gasteiger partial charge >= 0.3 is 11.9 Å². The molecule has 0 aromatic heterocycles. The summed E-state index contributed by atoms with van der Waals surface area (Å²) >= 11 is 0. The van der Waals surface area contributed by atoms with Gasteiger partial charge in [-0.25, -0.2) is 0 Å². The van der Waals surface area contributed by atoms with Crippen LogP contribution in [-0.2, 0) is 19.1 Å². The fourth-order valence-corrected chi connectivity index (χ4v) is 4.60. The van der Waals surface area contributed by atoms with E-state index < -0.39 is 0 Å². The first-order valence-corrected chi connectivity index (χ1v) is 15.3. The highest BCUT2D eigenvalue weighted by Crippen LogP contribution is 2.24. The molecule has 0 aliphatic carbocycles. The Morgan fingerprint density at radius 2 is 0.943 bits per heavy atom. The van der Waals surface area contributed by atoms with Gasteiger partial charge in [0.1, 0.15) is 0 Å². The molecule has 0 radical (unpaired) electrons. The lowest BCUT2D eigenvalue weighted by Crippen LogP contribution is -2.13. The summed E-state index contributed by atoms with van der Waals surface area (Å²) in [4.78, 5) is 23.9. The molecule has 0 rings (SSSR count). The highest BCUT2D eigenvalue weighted by atomic mass is 16.5. The summed E-state index contributed by atoms with van der Waals surface area (Å²) in [6.45, 7) is 10.2. The molecule has 0 aliphatic heterocycles. The zero-order valence-electron chi connectivity index (χ0n) is 24.1. The monoisotopic (exact) mass is 496 g/mol. The normalized spacial score (nSPS) is 12.1. The van der Waals surface area contributed by atoms with Gasteiger partial charge in [-0.2, -0.15) is 0 Å². The molecule has 1 atom stereocenters.